The molecule has 0 spiro atoms. The van der Waals surface area contributed by atoms with Gasteiger partial charge in [-0.05, 0) is 64.7 Å². The molecule has 44 heavy (non-hydrogen) atoms. The van der Waals surface area contributed by atoms with E-state index >= 15 is 0 Å². The van der Waals surface area contributed by atoms with Crippen LogP contribution in [0.3, 0.4) is 0 Å². The van der Waals surface area contributed by atoms with E-state index in [9.17, 15) is 24.5 Å². The third kappa shape index (κ3) is 27.9. The fraction of sp³-hybridized carbons (Fsp3) is 0.735. The average Bonchev–Trinajstić information content (AvgIpc) is 2.99. The number of amides is 1. The van der Waals surface area contributed by atoms with Crippen LogP contribution in [-0.4, -0.2) is 59.0 Å². The van der Waals surface area contributed by atoms with Crippen LogP contribution in [0.5, 0.6) is 0 Å². The first-order valence-corrected chi connectivity index (χ1v) is 18.3. The number of rotatable bonds is 30. The summed E-state index contributed by atoms with van der Waals surface area (Å²) in [6.45, 7) is 3.64. The quantitative estimate of drug-likeness (QED) is 0.0314. The molecule has 0 aliphatic heterocycles. The second-order valence-electron chi connectivity index (χ2n) is 11.2. The highest BCUT2D eigenvalue weighted by atomic mass is 31.2. The van der Waals surface area contributed by atoms with E-state index < -0.39 is 38.6 Å². The van der Waals surface area contributed by atoms with Crippen molar-refractivity contribution in [3.63, 3.8) is 0 Å². The molecule has 9 nitrogen and oxygen atoms in total. The zero-order valence-corrected chi connectivity index (χ0v) is 28.4. The topological polar surface area (TPSA) is 151 Å². The van der Waals surface area contributed by atoms with E-state index in [1.807, 2.05) is 13.0 Å². The van der Waals surface area contributed by atoms with Crippen molar-refractivity contribution in [2.24, 2.45) is 5.73 Å². The molecule has 6 N–H and O–H groups in total. The van der Waals surface area contributed by atoms with Crippen molar-refractivity contribution >= 4 is 13.7 Å². The first-order chi connectivity index (χ1) is 21.3. The predicted octanol–water partition coefficient (Wildman–Crippen LogP) is 7.18. The number of phosphoric ester groups is 1. The minimum absolute atomic E-state index is 0.0394. The summed E-state index contributed by atoms with van der Waals surface area (Å²) in [5.74, 6) is -0.472. The Morgan fingerprint density at radius 3 is 2.02 bits per heavy atom. The molecule has 0 aliphatic carbocycles. The summed E-state index contributed by atoms with van der Waals surface area (Å²) in [5.41, 5.74) is 5.32. The Labute approximate surface area is 267 Å². The number of phosphoric acid groups is 1. The van der Waals surface area contributed by atoms with Crippen molar-refractivity contribution in [3.8, 4) is 0 Å². The van der Waals surface area contributed by atoms with Crippen LogP contribution < -0.4 is 11.1 Å². The molecule has 0 fully saturated rings. The maximum atomic E-state index is 12.7. The summed E-state index contributed by atoms with van der Waals surface area (Å²) in [5, 5.41) is 23.7. The van der Waals surface area contributed by atoms with Gasteiger partial charge in [-0.25, -0.2) is 4.57 Å². The molecule has 4 atom stereocenters. The maximum absolute atomic E-state index is 12.7. The molecular formula is C34H63N2O7P. The Kier molecular flexibility index (Phi) is 29.0. The van der Waals surface area contributed by atoms with E-state index in [4.69, 9.17) is 14.8 Å². The predicted molar refractivity (Wildman–Crippen MR) is 181 cm³/mol. The minimum atomic E-state index is -4.40. The van der Waals surface area contributed by atoms with Crippen LogP contribution in [0.1, 0.15) is 123 Å². The SMILES string of the molecule is C/C=C/CC/C=C/CC/C=C/C(O)C(COP(=O)(O)OCCN)NC(=O)CC(O)CCCCCCC/C=C\CCCCCC. The Morgan fingerprint density at radius 1 is 0.818 bits per heavy atom. The number of unbranched alkanes of at least 4 members (excludes halogenated alkanes) is 11. The van der Waals surface area contributed by atoms with Crippen molar-refractivity contribution in [1.82, 2.24) is 5.32 Å². The van der Waals surface area contributed by atoms with Crippen LogP contribution in [0, 0.1) is 0 Å². The molecule has 1 amide bonds. The number of nitrogens with two attached hydrogens (primary N) is 1. The Hall–Kier alpha value is -1.58. The van der Waals surface area contributed by atoms with Crippen molar-refractivity contribution in [2.45, 2.75) is 141 Å². The molecule has 0 aliphatic rings. The van der Waals surface area contributed by atoms with Gasteiger partial charge >= 0.3 is 7.82 Å². The Balaban J connectivity index is 4.53. The molecule has 10 heteroatoms. The van der Waals surface area contributed by atoms with Gasteiger partial charge in [0.1, 0.15) is 0 Å². The number of allylic oxidation sites excluding steroid dienone is 7. The minimum Gasteiger partial charge on any atom is -0.393 e. The van der Waals surface area contributed by atoms with Gasteiger partial charge in [-0.1, -0.05) is 100 Å². The highest BCUT2D eigenvalue weighted by Gasteiger charge is 2.27. The standard InChI is InChI=1S/C34H63N2O7P/c1-3-5-7-9-11-13-14-15-16-18-19-21-23-25-31(37)29-34(39)36-32(30-43-44(40,41)42-28-27-35)33(38)26-24-22-20-17-12-10-8-6-4-2/h4,6,12-14,17,24,26,31-33,37-38H,3,5,7-11,15-16,18-23,25,27-30,35H2,1-2H3,(H,36,39)(H,40,41)/b6-4+,14-13-,17-12+,26-24+. The summed E-state index contributed by atoms with van der Waals surface area (Å²) in [6.07, 6.45) is 30.8. The summed E-state index contributed by atoms with van der Waals surface area (Å²) in [6, 6.07) is -1.00. The molecule has 0 rings (SSSR count). The lowest BCUT2D eigenvalue weighted by Crippen LogP contribution is -2.46. The average molecular weight is 643 g/mol. The van der Waals surface area contributed by atoms with Crippen molar-refractivity contribution in [2.75, 3.05) is 19.8 Å². The number of carbonyl (C=O) groups excluding carboxylic acids is 1. The molecule has 0 saturated carbocycles. The van der Waals surface area contributed by atoms with E-state index in [1.165, 1.54) is 44.6 Å². The molecule has 0 aromatic rings. The van der Waals surface area contributed by atoms with Crippen LogP contribution in [-0.2, 0) is 18.4 Å². The van der Waals surface area contributed by atoms with E-state index in [0.29, 0.717) is 12.8 Å². The van der Waals surface area contributed by atoms with Gasteiger partial charge in [0.15, 0.2) is 0 Å². The zero-order chi connectivity index (χ0) is 32.7. The van der Waals surface area contributed by atoms with Crippen LogP contribution in [0.25, 0.3) is 0 Å². The molecule has 256 valence electrons. The van der Waals surface area contributed by atoms with Gasteiger partial charge < -0.3 is 26.2 Å². The third-order valence-electron chi connectivity index (χ3n) is 7.00. The second-order valence-corrected chi connectivity index (χ2v) is 12.7. The normalized spacial score (nSPS) is 15.9. The first-order valence-electron chi connectivity index (χ1n) is 16.8. The smallest absolute Gasteiger partial charge is 0.393 e. The highest BCUT2D eigenvalue weighted by molar-refractivity contribution is 7.47. The van der Waals surface area contributed by atoms with Gasteiger partial charge in [0.25, 0.3) is 0 Å². The lowest BCUT2D eigenvalue weighted by atomic mass is 10.0. The summed E-state index contributed by atoms with van der Waals surface area (Å²) >= 11 is 0. The van der Waals surface area contributed by atoms with E-state index in [2.05, 4.69) is 42.6 Å². The molecule has 0 aromatic carbocycles. The van der Waals surface area contributed by atoms with Crippen molar-refractivity contribution in [1.29, 1.82) is 0 Å². The number of aliphatic hydroxyl groups excluding tert-OH is 2. The molecule has 0 saturated heterocycles. The van der Waals surface area contributed by atoms with Gasteiger partial charge in [0.2, 0.25) is 5.91 Å². The maximum Gasteiger partial charge on any atom is 0.472 e. The summed E-state index contributed by atoms with van der Waals surface area (Å²) in [7, 11) is -4.40. The van der Waals surface area contributed by atoms with Gasteiger partial charge in [-0.3, -0.25) is 13.8 Å². The summed E-state index contributed by atoms with van der Waals surface area (Å²) < 4.78 is 21.8. The molecule has 0 heterocycles. The monoisotopic (exact) mass is 642 g/mol. The molecule has 0 aromatic heterocycles. The van der Waals surface area contributed by atoms with Crippen LogP contribution in [0.4, 0.5) is 0 Å². The van der Waals surface area contributed by atoms with E-state index in [0.717, 1.165) is 51.4 Å². The number of hydrogen-bond donors (Lipinski definition) is 5. The van der Waals surface area contributed by atoms with Crippen LogP contribution in [0.2, 0.25) is 0 Å². The Bertz CT molecular complexity index is 847. The van der Waals surface area contributed by atoms with E-state index in [1.54, 1.807) is 6.08 Å². The lowest BCUT2D eigenvalue weighted by molar-refractivity contribution is -0.124. The molecule has 0 bridgehead atoms. The molecule has 4 unspecified atom stereocenters. The van der Waals surface area contributed by atoms with Gasteiger partial charge in [0, 0.05) is 6.54 Å². The van der Waals surface area contributed by atoms with Crippen molar-refractivity contribution < 1.29 is 33.5 Å². The highest BCUT2D eigenvalue weighted by Crippen LogP contribution is 2.43. The van der Waals surface area contributed by atoms with Gasteiger partial charge in [-0.15, -0.1) is 0 Å². The van der Waals surface area contributed by atoms with Crippen molar-refractivity contribution in [3.05, 3.63) is 48.6 Å². The van der Waals surface area contributed by atoms with Gasteiger partial charge in [-0.2, -0.15) is 0 Å². The fourth-order valence-electron chi connectivity index (χ4n) is 4.44. The largest absolute Gasteiger partial charge is 0.472 e. The number of carbonyl (C=O) groups is 1. The second kappa shape index (κ2) is 30.1. The lowest BCUT2D eigenvalue weighted by Gasteiger charge is -2.24. The van der Waals surface area contributed by atoms with E-state index in [-0.39, 0.29) is 19.6 Å². The van der Waals surface area contributed by atoms with Crippen LogP contribution >= 0.6 is 7.82 Å². The first kappa shape index (κ1) is 42.4. The fourth-order valence-corrected chi connectivity index (χ4v) is 5.20. The zero-order valence-electron chi connectivity index (χ0n) is 27.5. The number of aliphatic hydroxyl groups is 2. The third-order valence-corrected chi connectivity index (χ3v) is 7.99. The summed E-state index contributed by atoms with van der Waals surface area (Å²) in [4.78, 5) is 22.5. The number of hydrogen-bond acceptors (Lipinski definition) is 7. The number of nitrogens with one attached hydrogen (secondary N) is 1. The molecular weight excluding hydrogens is 579 g/mol. The van der Waals surface area contributed by atoms with Crippen LogP contribution in [0.15, 0.2) is 48.6 Å². The molecule has 0 radical (unpaired) electrons. The van der Waals surface area contributed by atoms with Gasteiger partial charge in [0.05, 0.1) is 37.9 Å². The Morgan fingerprint density at radius 2 is 1.39 bits per heavy atom.